The molecule has 7 heteroatoms. The summed E-state index contributed by atoms with van der Waals surface area (Å²) in [5.41, 5.74) is 0.217. The zero-order valence-electron chi connectivity index (χ0n) is 12.0. The Morgan fingerprint density at radius 2 is 1.91 bits per heavy atom. The van der Waals surface area contributed by atoms with Gasteiger partial charge in [-0.1, -0.05) is 18.2 Å². The van der Waals surface area contributed by atoms with Crippen LogP contribution < -0.4 is 10.6 Å². The number of halogens is 3. The maximum atomic E-state index is 13.0. The second-order valence-corrected chi connectivity index (χ2v) is 4.61. The Balaban J connectivity index is 2.64. The number of anilines is 2. The predicted octanol–water partition coefficient (Wildman–Crippen LogP) is 3.85. The van der Waals surface area contributed by atoms with E-state index in [-0.39, 0.29) is 5.56 Å². The van der Waals surface area contributed by atoms with Gasteiger partial charge in [0.25, 0.3) is 0 Å². The van der Waals surface area contributed by atoms with Gasteiger partial charge in [0.15, 0.2) is 0 Å². The largest absolute Gasteiger partial charge is 0.417 e. The minimum atomic E-state index is -4.61. The van der Waals surface area contributed by atoms with E-state index in [0.29, 0.717) is 23.3 Å². The first-order valence-corrected chi connectivity index (χ1v) is 6.55. The first kappa shape index (κ1) is 16.4. The zero-order valence-corrected chi connectivity index (χ0v) is 12.0. The Bertz CT molecular complexity index is 779. The Hall–Kier alpha value is -3.01. The Labute approximate surface area is 130 Å². The second kappa shape index (κ2) is 6.40. The van der Waals surface area contributed by atoms with Crippen molar-refractivity contribution < 1.29 is 18.0 Å². The van der Waals surface area contributed by atoms with Gasteiger partial charge in [-0.25, -0.2) is 0 Å². The quantitative estimate of drug-likeness (QED) is 0.841. The number of carbonyl (C=O) groups excluding carboxylic acids is 1. The molecule has 0 aliphatic rings. The summed E-state index contributed by atoms with van der Waals surface area (Å²) >= 11 is 0. The number of carbonyl (C=O) groups is 1. The average molecular weight is 319 g/mol. The number of hydrogen-bond donors (Lipinski definition) is 2. The lowest BCUT2D eigenvalue weighted by atomic mass is 9.95. The first-order chi connectivity index (χ1) is 10.9. The average Bonchev–Trinajstić information content (AvgIpc) is 2.54. The third kappa shape index (κ3) is 3.26. The molecule has 1 amide bonds. The van der Waals surface area contributed by atoms with Gasteiger partial charge in [-0.05, 0) is 23.8 Å². The Morgan fingerprint density at radius 1 is 1.17 bits per heavy atom. The first-order valence-electron chi connectivity index (χ1n) is 6.55. The molecule has 0 aromatic heterocycles. The number of amides is 1. The van der Waals surface area contributed by atoms with Gasteiger partial charge in [0.05, 0.1) is 22.5 Å². The molecule has 0 spiro atoms. The van der Waals surface area contributed by atoms with Crippen LogP contribution in [0, 0.1) is 11.3 Å². The van der Waals surface area contributed by atoms with Crippen molar-refractivity contribution >= 4 is 17.8 Å². The molecule has 0 saturated heterocycles. The van der Waals surface area contributed by atoms with Gasteiger partial charge in [0.1, 0.15) is 6.07 Å². The lowest BCUT2D eigenvalue weighted by Gasteiger charge is -2.14. The van der Waals surface area contributed by atoms with Crippen molar-refractivity contribution in [2.75, 3.05) is 17.7 Å². The van der Waals surface area contributed by atoms with E-state index < -0.39 is 17.3 Å². The van der Waals surface area contributed by atoms with Crippen LogP contribution in [0.5, 0.6) is 0 Å². The van der Waals surface area contributed by atoms with E-state index in [0.717, 1.165) is 6.07 Å². The van der Waals surface area contributed by atoms with Crippen molar-refractivity contribution in [2.24, 2.45) is 0 Å². The van der Waals surface area contributed by atoms with E-state index in [1.165, 1.54) is 12.1 Å². The molecule has 23 heavy (non-hydrogen) atoms. The number of benzene rings is 2. The maximum absolute atomic E-state index is 13.0. The standard InChI is InChI=1S/C16H12F3N3O/c1-21-15-7-10(5-6-14(15)22-9-23)11-3-2-4-13(12(11)8-20)16(17,18)19/h2-7,9,21H,1H3,(H,22,23). The minimum absolute atomic E-state index is 0.177. The fraction of sp³-hybridized carbons (Fsp3) is 0.125. The summed E-state index contributed by atoms with van der Waals surface area (Å²) in [5, 5.41) is 14.5. The summed E-state index contributed by atoms with van der Waals surface area (Å²) < 4.78 is 39.1. The van der Waals surface area contributed by atoms with Crippen molar-refractivity contribution in [1.82, 2.24) is 0 Å². The fourth-order valence-electron chi connectivity index (χ4n) is 2.26. The van der Waals surface area contributed by atoms with Crippen molar-refractivity contribution in [1.29, 1.82) is 5.26 Å². The summed E-state index contributed by atoms with van der Waals surface area (Å²) in [4.78, 5) is 10.5. The smallest absolute Gasteiger partial charge is 0.386 e. The molecule has 0 heterocycles. The van der Waals surface area contributed by atoms with E-state index in [9.17, 15) is 18.0 Å². The van der Waals surface area contributed by atoms with E-state index in [2.05, 4.69) is 10.6 Å². The zero-order chi connectivity index (χ0) is 17.0. The molecule has 0 aliphatic carbocycles. The van der Waals surface area contributed by atoms with Gasteiger partial charge in [0, 0.05) is 12.6 Å². The number of nitriles is 1. The van der Waals surface area contributed by atoms with Gasteiger partial charge in [0.2, 0.25) is 6.41 Å². The lowest BCUT2D eigenvalue weighted by Crippen LogP contribution is -2.08. The van der Waals surface area contributed by atoms with E-state index in [1.807, 2.05) is 0 Å². The molecule has 2 aromatic carbocycles. The summed E-state index contributed by atoms with van der Waals surface area (Å²) in [5.74, 6) is 0. The SMILES string of the molecule is CNc1cc(-c2cccc(C(F)(F)F)c2C#N)ccc1NC=O. The molecule has 2 aromatic rings. The summed E-state index contributed by atoms with van der Waals surface area (Å²) in [7, 11) is 1.62. The van der Waals surface area contributed by atoms with E-state index in [4.69, 9.17) is 5.26 Å². The monoisotopic (exact) mass is 319 g/mol. The molecule has 2 rings (SSSR count). The molecule has 0 saturated carbocycles. The molecule has 0 unspecified atom stereocenters. The molecule has 0 aliphatic heterocycles. The van der Waals surface area contributed by atoms with Gasteiger partial charge >= 0.3 is 6.18 Å². The number of nitrogens with one attached hydrogen (secondary N) is 2. The van der Waals surface area contributed by atoms with Crippen LogP contribution in [0.15, 0.2) is 36.4 Å². The number of rotatable bonds is 4. The highest BCUT2D eigenvalue weighted by Gasteiger charge is 2.34. The highest BCUT2D eigenvalue weighted by atomic mass is 19.4. The van der Waals surface area contributed by atoms with Gasteiger partial charge in [-0.2, -0.15) is 18.4 Å². The third-order valence-corrected chi connectivity index (χ3v) is 3.30. The number of hydrogen-bond acceptors (Lipinski definition) is 3. The van der Waals surface area contributed by atoms with Crippen LogP contribution in [0.1, 0.15) is 11.1 Å². The molecule has 0 bridgehead atoms. The van der Waals surface area contributed by atoms with Crippen LogP contribution in [-0.2, 0) is 11.0 Å². The van der Waals surface area contributed by atoms with Crippen LogP contribution in [0.3, 0.4) is 0 Å². The van der Waals surface area contributed by atoms with Gasteiger partial charge < -0.3 is 10.6 Å². The van der Waals surface area contributed by atoms with Crippen LogP contribution in [0.25, 0.3) is 11.1 Å². The number of alkyl halides is 3. The normalized spacial score (nSPS) is 10.7. The van der Waals surface area contributed by atoms with Crippen molar-refractivity contribution in [2.45, 2.75) is 6.18 Å². The molecule has 118 valence electrons. The van der Waals surface area contributed by atoms with Crippen molar-refractivity contribution in [3.05, 3.63) is 47.5 Å². The fourth-order valence-corrected chi connectivity index (χ4v) is 2.26. The topological polar surface area (TPSA) is 64.9 Å². The molecule has 2 N–H and O–H groups in total. The highest BCUT2D eigenvalue weighted by molar-refractivity contribution is 5.85. The van der Waals surface area contributed by atoms with Crippen molar-refractivity contribution in [3.8, 4) is 17.2 Å². The molecule has 0 atom stereocenters. The maximum Gasteiger partial charge on any atom is 0.417 e. The highest BCUT2D eigenvalue weighted by Crippen LogP contribution is 2.37. The van der Waals surface area contributed by atoms with E-state index >= 15 is 0 Å². The molecule has 4 nitrogen and oxygen atoms in total. The minimum Gasteiger partial charge on any atom is -0.386 e. The summed E-state index contributed by atoms with van der Waals surface area (Å²) in [6.45, 7) is 0. The van der Waals surface area contributed by atoms with Crippen LogP contribution >= 0.6 is 0 Å². The van der Waals surface area contributed by atoms with Crippen LogP contribution in [-0.4, -0.2) is 13.5 Å². The predicted molar refractivity (Wildman–Crippen MR) is 80.8 cm³/mol. The van der Waals surface area contributed by atoms with Crippen molar-refractivity contribution in [3.63, 3.8) is 0 Å². The number of nitrogens with zero attached hydrogens (tertiary/aromatic N) is 1. The molecular weight excluding hydrogens is 307 g/mol. The van der Waals surface area contributed by atoms with E-state index in [1.54, 1.807) is 31.3 Å². The Kier molecular flexibility index (Phi) is 4.55. The third-order valence-electron chi connectivity index (χ3n) is 3.30. The lowest BCUT2D eigenvalue weighted by molar-refractivity contribution is -0.137. The molecular formula is C16H12F3N3O. The summed E-state index contributed by atoms with van der Waals surface area (Å²) in [6.07, 6.45) is -4.10. The summed E-state index contributed by atoms with van der Waals surface area (Å²) in [6, 6.07) is 9.89. The van der Waals surface area contributed by atoms with Gasteiger partial charge in [-0.3, -0.25) is 4.79 Å². The van der Waals surface area contributed by atoms with Crippen LogP contribution in [0.4, 0.5) is 24.5 Å². The second-order valence-electron chi connectivity index (χ2n) is 4.61. The van der Waals surface area contributed by atoms with Gasteiger partial charge in [-0.15, -0.1) is 0 Å². The van der Waals surface area contributed by atoms with Crippen LogP contribution in [0.2, 0.25) is 0 Å². The Morgan fingerprint density at radius 3 is 2.48 bits per heavy atom. The molecule has 0 fully saturated rings. The molecule has 0 radical (unpaired) electrons.